The lowest BCUT2D eigenvalue weighted by atomic mass is 10.1. The van der Waals surface area contributed by atoms with E-state index in [4.69, 9.17) is 34.3 Å². The third kappa shape index (κ3) is 4.44. The van der Waals surface area contributed by atoms with Crippen LogP contribution in [0.5, 0.6) is 0 Å². The summed E-state index contributed by atoms with van der Waals surface area (Å²) < 4.78 is 5.53. The van der Waals surface area contributed by atoms with E-state index in [-0.39, 0.29) is 6.10 Å². The molecule has 0 aliphatic carbocycles. The fourth-order valence-electron chi connectivity index (χ4n) is 1.57. The van der Waals surface area contributed by atoms with Crippen molar-refractivity contribution in [1.29, 1.82) is 0 Å². The lowest BCUT2D eigenvalue weighted by molar-refractivity contribution is 0.0846. The molecule has 0 spiro atoms. The Bertz CT molecular complexity index is 423. The number of anilines is 1. The van der Waals surface area contributed by atoms with Crippen molar-refractivity contribution in [3.63, 3.8) is 0 Å². The number of benzene rings is 1. The molecule has 0 bridgehead atoms. The summed E-state index contributed by atoms with van der Waals surface area (Å²) in [6, 6.07) is 5.50. The van der Waals surface area contributed by atoms with E-state index in [1.165, 1.54) is 0 Å². The summed E-state index contributed by atoms with van der Waals surface area (Å²) in [4.78, 5) is 2.42. The Balaban J connectivity index is 2.80. The molecular formula is C13H19ClN2OS. The van der Waals surface area contributed by atoms with Crippen molar-refractivity contribution in [1.82, 2.24) is 0 Å². The molecule has 0 aliphatic heterocycles. The standard InChI is InChI=1S/C13H19ClN2OS/c1-9(2)17-7-6-16(3)12-8-10(14)4-5-11(12)13(15)18/h4-5,8-9H,6-7H2,1-3H3,(H2,15,18). The molecule has 0 saturated carbocycles. The second-order valence-corrected chi connectivity index (χ2v) is 5.24. The predicted octanol–water partition coefficient (Wildman–Crippen LogP) is 2.84. The highest BCUT2D eigenvalue weighted by Gasteiger charge is 2.10. The molecule has 0 unspecified atom stereocenters. The van der Waals surface area contributed by atoms with Crippen molar-refractivity contribution in [2.75, 3.05) is 25.1 Å². The highest BCUT2D eigenvalue weighted by molar-refractivity contribution is 7.80. The summed E-state index contributed by atoms with van der Waals surface area (Å²) in [6.45, 7) is 5.44. The van der Waals surface area contributed by atoms with E-state index in [0.29, 0.717) is 16.6 Å². The van der Waals surface area contributed by atoms with E-state index in [0.717, 1.165) is 17.8 Å². The first-order valence-electron chi connectivity index (χ1n) is 5.84. The van der Waals surface area contributed by atoms with Gasteiger partial charge in [-0.1, -0.05) is 23.8 Å². The molecule has 1 aromatic carbocycles. The molecule has 18 heavy (non-hydrogen) atoms. The summed E-state index contributed by atoms with van der Waals surface area (Å²) in [6.07, 6.45) is 0.229. The van der Waals surface area contributed by atoms with E-state index in [9.17, 15) is 0 Å². The van der Waals surface area contributed by atoms with Gasteiger partial charge in [-0.25, -0.2) is 0 Å². The Morgan fingerprint density at radius 1 is 1.50 bits per heavy atom. The second-order valence-electron chi connectivity index (χ2n) is 4.37. The van der Waals surface area contributed by atoms with E-state index in [2.05, 4.69) is 0 Å². The summed E-state index contributed by atoms with van der Waals surface area (Å²) in [7, 11) is 1.97. The summed E-state index contributed by atoms with van der Waals surface area (Å²) in [5.41, 5.74) is 7.48. The molecule has 0 aliphatic rings. The smallest absolute Gasteiger partial charge is 0.106 e. The number of nitrogens with zero attached hydrogens (tertiary/aromatic N) is 1. The third-order valence-corrected chi connectivity index (χ3v) is 2.97. The summed E-state index contributed by atoms with van der Waals surface area (Å²) in [5, 5.41) is 0.668. The number of likely N-dealkylation sites (N-methyl/N-ethyl adjacent to an activating group) is 1. The van der Waals surface area contributed by atoms with E-state index >= 15 is 0 Å². The van der Waals surface area contributed by atoms with Gasteiger partial charge in [-0.3, -0.25) is 0 Å². The van der Waals surface area contributed by atoms with Gasteiger partial charge in [0.2, 0.25) is 0 Å². The molecule has 0 atom stereocenters. The predicted molar refractivity (Wildman–Crippen MR) is 81.7 cm³/mol. The molecule has 3 nitrogen and oxygen atoms in total. The lowest BCUT2D eigenvalue weighted by Crippen LogP contribution is -2.26. The van der Waals surface area contributed by atoms with Gasteiger partial charge in [-0.05, 0) is 32.0 Å². The van der Waals surface area contributed by atoms with E-state index < -0.39 is 0 Å². The largest absolute Gasteiger partial charge is 0.389 e. The molecule has 0 fully saturated rings. The van der Waals surface area contributed by atoms with Crippen LogP contribution in [0.4, 0.5) is 5.69 Å². The second kappa shape index (κ2) is 6.92. The normalized spacial score (nSPS) is 10.7. The number of halogens is 1. The van der Waals surface area contributed by atoms with Crippen LogP contribution in [0.2, 0.25) is 5.02 Å². The number of ether oxygens (including phenoxy) is 1. The fourth-order valence-corrected chi connectivity index (χ4v) is 1.91. The zero-order chi connectivity index (χ0) is 13.7. The lowest BCUT2D eigenvalue weighted by Gasteiger charge is -2.23. The zero-order valence-corrected chi connectivity index (χ0v) is 12.5. The monoisotopic (exact) mass is 286 g/mol. The van der Waals surface area contributed by atoms with Crippen LogP contribution >= 0.6 is 23.8 Å². The van der Waals surface area contributed by atoms with Crippen molar-refractivity contribution < 1.29 is 4.74 Å². The first-order valence-corrected chi connectivity index (χ1v) is 6.62. The maximum atomic E-state index is 6.01. The van der Waals surface area contributed by atoms with E-state index in [1.807, 2.05) is 37.9 Å². The highest BCUT2D eigenvalue weighted by atomic mass is 35.5. The maximum Gasteiger partial charge on any atom is 0.106 e. The Labute approximate surface area is 119 Å². The third-order valence-electron chi connectivity index (χ3n) is 2.51. The van der Waals surface area contributed by atoms with Crippen LogP contribution in [0.3, 0.4) is 0 Å². The SMILES string of the molecule is CC(C)OCCN(C)c1cc(Cl)ccc1C(N)=S. The van der Waals surface area contributed by atoms with Gasteiger partial charge in [0.1, 0.15) is 4.99 Å². The minimum atomic E-state index is 0.229. The Morgan fingerprint density at radius 2 is 2.17 bits per heavy atom. The molecule has 0 heterocycles. The molecule has 0 saturated heterocycles. The highest BCUT2D eigenvalue weighted by Crippen LogP contribution is 2.24. The van der Waals surface area contributed by atoms with Crippen LogP contribution in [-0.2, 0) is 4.74 Å². The van der Waals surface area contributed by atoms with Gasteiger partial charge in [0, 0.05) is 29.9 Å². The quantitative estimate of drug-likeness (QED) is 0.816. The molecule has 1 rings (SSSR count). The van der Waals surface area contributed by atoms with Gasteiger partial charge < -0.3 is 15.4 Å². The molecule has 0 aromatic heterocycles. The number of hydrogen-bond acceptors (Lipinski definition) is 3. The number of rotatable bonds is 6. The van der Waals surface area contributed by atoms with Crippen LogP contribution < -0.4 is 10.6 Å². The molecule has 1 aromatic rings. The first kappa shape index (κ1) is 15.2. The molecule has 100 valence electrons. The molecule has 2 N–H and O–H groups in total. The summed E-state index contributed by atoms with van der Waals surface area (Å²) in [5.74, 6) is 0. The van der Waals surface area contributed by atoms with Gasteiger partial charge in [0.05, 0.1) is 12.7 Å². The Hall–Kier alpha value is -0.840. The van der Waals surface area contributed by atoms with Crippen molar-refractivity contribution in [2.45, 2.75) is 20.0 Å². The van der Waals surface area contributed by atoms with Gasteiger partial charge in [0.15, 0.2) is 0 Å². The van der Waals surface area contributed by atoms with Crippen LogP contribution in [0.15, 0.2) is 18.2 Å². The van der Waals surface area contributed by atoms with Crippen LogP contribution in [0.1, 0.15) is 19.4 Å². The Morgan fingerprint density at radius 3 is 2.72 bits per heavy atom. The van der Waals surface area contributed by atoms with Crippen LogP contribution in [0, 0.1) is 0 Å². The van der Waals surface area contributed by atoms with Crippen molar-refractivity contribution in [3.8, 4) is 0 Å². The zero-order valence-electron chi connectivity index (χ0n) is 10.9. The van der Waals surface area contributed by atoms with Crippen molar-refractivity contribution in [2.24, 2.45) is 5.73 Å². The molecular weight excluding hydrogens is 268 g/mol. The number of thiocarbonyl (C=S) groups is 1. The van der Waals surface area contributed by atoms with Crippen LogP contribution in [0.25, 0.3) is 0 Å². The van der Waals surface area contributed by atoms with Gasteiger partial charge in [0.25, 0.3) is 0 Å². The first-order chi connectivity index (χ1) is 8.41. The molecule has 0 radical (unpaired) electrons. The average Bonchev–Trinajstić information content (AvgIpc) is 2.27. The topological polar surface area (TPSA) is 38.5 Å². The van der Waals surface area contributed by atoms with Gasteiger partial charge in [-0.15, -0.1) is 0 Å². The van der Waals surface area contributed by atoms with E-state index in [1.54, 1.807) is 6.07 Å². The van der Waals surface area contributed by atoms with Crippen molar-refractivity contribution in [3.05, 3.63) is 28.8 Å². The number of nitrogens with two attached hydrogens (primary N) is 1. The van der Waals surface area contributed by atoms with Gasteiger partial charge in [-0.2, -0.15) is 0 Å². The van der Waals surface area contributed by atoms with Crippen LogP contribution in [-0.4, -0.2) is 31.3 Å². The Kier molecular flexibility index (Phi) is 5.85. The maximum absolute atomic E-state index is 6.01. The molecule has 5 heteroatoms. The molecule has 0 amide bonds. The van der Waals surface area contributed by atoms with Crippen molar-refractivity contribution >= 4 is 34.5 Å². The fraction of sp³-hybridized carbons (Fsp3) is 0.462. The number of hydrogen-bond donors (Lipinski definition) is 1. The minimum absolute atomic E-state index is 0.229. The summed E-state index contributed by atoms with van der Waals surface area (Å²) >= 11 is 11.1. The average molecular weight is 287 g/mol. The minimum Gasteiger partial charge on any atom is -0.389 e. The van der Waals surface area contributed by atoms with Gasteiger partial charge >= 0.3 is 0 Å².